The summed E-state index contributed by atoms with van der Waals surface area (Å²) < 4.78 is 27.6. The molecule has 2 aliphatic heterocycles. The van der Waals surface area contributed by atoms with Crippen LogP contribution in [0.1, 0.15) is 45.6 Å². The minimum absolute atomic E-state index is 0.0194. The van der Waals surface area contributed by atoms with E-state index in [1.54, 1.807) is 0 Å². The summed E-state index contributed by atoms with van der Waals surface area (Å²) >= 11 is 0. The number of carbonyl (C=O) groups is 1. The average molecular weight is 371 g/mol. The largest absolute Gasteiger partial charge is 0.362 e. The number of alkyl halides is 2. The fourth-order valence-electron chi connectivity index (χ4n) is 4.92. The summed E-state index contributed by atoms with van der Waals surface area (Å²) in [5.41, 5.74) is 1.31. The minimum Gasteiger partial charge on any atom is -0.362 e. The van der Waals surface area contributed by atoms with E-state index in [9.17, 15) is 13.6 Å². The number of rotatable bonds is 3. The van der Waals surface area contributed by atoms with Gasteiger partial charge in [-0.15, -0.1) is 0 Å². The van der Waals surface area contributed by atoms with Gasteiger partial charge >= 0.3 is 0 Å². The van der Waals surface area contributed by atoms with Crippen molar-refractivity contribution >= 4 is 5.78 Å². The van der Waals surface area contributed by atoms with E-state index < -0.39 is 18.0 Å². The zero-order valence-electron chi connectivity index (χ0n) is 15.7. The van der Waals surface area contributed by atoms with Crippen LogP contribution in [-0.4, -0.2) is 18.4 Å². The van der Waals surface area contributed by atoms with Crippen molar-refractivity contribution in [2.45, 2.75) is 58.0 Å². The van der Waals surface area contributed by atoms with Gasteiger partial charge in [0, 0.05) is 23.3 Å². The Bertz CT molecular complexity index is 886. The SMILES string of the molecule is CC[C@@]1(c2ccccc2)C2=C(CC(C)(C)CC2=O)NC2N=NC(C(F)F)=C21. The third-order valence-electron chi connectivity index (χ3n) is 5.91. The Kier molecular flexibility index (Phi) is 4.05. The van der Waals surface area contributed by atoms with Crippen molar-refractivity contribution in [2.75, 3.05) is 0 Å². The van der Waals surface area contributed by atoms with Crippen LogP contribution in [-0.2, 0) is 10.2 Å². The average Bonchev–Trinajstić information content (AvgIpc) is 3.04. The van der Waals surface area contributed by atoms with Crippen LogP contribution < -0.4 is 5.32 Å². The van der Waals surface area contributed by atoms with Crippen LogP contribution in [0.25, 0.3) is 0 Å². The predicted molar refractivity (Wildman–Crippen MR) is 98.3 cm³/mol. The van der Waals surface area contributed by atoms with Crippen molar-refractivity contribution in [2.24, 2.45) is 15.6 Å². The van der Waals surface area contributed by atoms with Crippen LogP contribution in [0, 0.1) is 5.41 Å². The fourth-order valence-corrected chi connectivity index (χ4v) is 4.92. The van der Waals surface area contributed by atoms with E-state index in [0.29, 0.717) is 30.4 Å². The number of Topliss-reactive ketones (excluding diaryl/α,β-unsaturated/α-hetero) is 1. The molecule has 0 radical (unpaired) electrons. The van der Waals surface area contributed by atoms with E-state index in [-0.39, 0.29) is 16.9 Å². The molecule has 4 nitrogen and oxygen atoms in total. The van der Waals surface area contributed by atoms with E-state index in [0.717, 1.165) is 11.3 Å². The molecule has 0 saturated carbocycles. The van der Waals surface area contributed by atoms with E-state index in [1.165, 1.54) is 0 Å². The van der Waals surface area contributed by atoms with Crippen molar-refractivity contribution in [1.29, 1.82) is 0 Å². The first-order valence-electron chi connectivity index (χ1n) is 9.32. The highest BCUT2D eigenvalue weighted by Gasteiger charge is 2.55. The van der Waals surface area contributed by atoms with Crippen LogP contribution in [0.5, 0.6) is 0 Å². The first kappa shape index (κ1) is 18.0. The van der Waals surface area contributed by atoms with Gasteiger partial charge in [-0.25, -0.2) is 8.78 Å². The molecule has 0 spiro atoms. The van der Waals surface area contributed by atoms with E-state index in [4.69, 9.17) is 0 Å². The van der Waals surface area contributed by atoms with Gasteiger partial charge in [0.05, 0.1) is 5.41 Å². The first-order valence-corrected chi connectivity index (χ1v) is 9.32. The number of fused-ring (bicyclic) bond motifs is 1. The Morgan fingerprint density at radius 2 is 1.93 bits per heavy atom. The molecule has 1 aliphatic carbocycles. The zero-order valence-corrected chi connectivity index (χ0v) is 15.7. The molecule has 0 amide bonds. The lowest BCUT2D eigenvalue weighted by atomic mass is 9.58. The molecule has 2 atom stereocenters. The molecule has 27 heavy (non-hydrogen) atoms. The van der Waals surface area contributed by atoms with Gasteiger partial charge in [-0.05, 0) is 23.8 Å². The molecule has 0 aromatic heterocycles. The summed E-state index contributed by atoms with van der Waals surface area (Å²) in [6, 6.07) is 9.48. The number of nitrogens with zero attached hydrogens (tertiary/aromatic N) is 2. The number of hydrogen-bond donors (Lipinski definition) is 1. The summed E-state index contributed by atoms with van der Waals surface area (Å²) in [6.07, 6.45) is -1.79. The molecule has 1 N–H and O–H groups in total. The molecule has 6 heteroatoms. The summed E-state index contributed by atoms with van der Waals surface area (Å²) in [5.74, 6) is 0.0194. The number of benzene rings is 1. The monoisotopic (exact) mass is 371 g/mol. The lowest BCUT2D eigenvalue weighted by Gasteiger charge is -2.48. The standard InChI is InChI=1S/C21H23F2N3O/c1-4-21(12-8-6-5-7-9-12)15-13(10-20(2,3)11-14(15)27)24-19-16(21)17(18(22)23)25-26-19/h5-9,18-19,24H,4,10-11H2,1-3H3/t19?,21-/m1/s1. The number of nitrogens with one attached hydrogen (secondary N) is 1. The Morgan fingerprint density at radius 1 is 1.22 bits per heavy atom. The van der Waals surface area contributed by atoms with Gasteiger partial charge in [0.1, 0.15) is 5.70 Å². The van der Waals surface area contributed by atoms with Gasteiger partial charge in [0.25, 0.3) is 6.43 Å². The maximum absolute atomic E-state index is 13.8. The summed E-state index contributed by atoms with van der Waals surface area (Å²) in [6.45, 7) is 6.05. The van der Waals surface area contributed by atoms with E-state index in [1.807, 2.05) is 37.3 Å². The molecule has 3 aliphatic rings. The molecule has 0 fully saturated rings. The zero-order chi connectivity index (χ0) is 19.4. The second-order valence-electron chi connectivity index (χ2n) is 8.28. The van der Waals surface area contributed by atoms with Crippen LogP contribution in [0.2, 0.25) is 0 Å². The number of ketones is 1. The second-order valence-corrected chi connectivity index (χ2v) is 8.28. The van der Waals surface area contributed by atoms with Crippen molar-refractivity contribution < 1.29 is 13.6 Å². The molecular weight excluding hydrogens is 348 g/mol. The molecule has 142 valence electrons. The van der Waals surface area contributed by atoms with Crippen molar-refractivity contribution in [3.05, 3.63) is 58.4 Å². The predicted octanol–water partition coefficient (Wildman–Crippen LogP) is 4.89. The van der Waals surface area contributed by atoms with Crippen LogP contribution in [0.4, 0.5) is 8.78 Å². The Morgan fingerprint density at radius 3 is 2.56 bits per heavy atom. The summed E-state index contributed by atoms with van der Waals surface area (Å²) in [7, 11) is 0. The third-order valence-corrected chi connectivity index (χ3v) is 5.91. The summed E-state index contributed by atoms with van der Waals surface area (Å²) in [5, 5.41) is 11.2. The molecule has 0 saturated heterocycles. The van der Waals surface area contributed by atoms with Gasteiger partial charge in [0.15, 0.2) is 11.9 Å². The number of carbonyl (C=O) groups excluding carboxylic acids is 1. The second kappa shape index (κ2) is 6.08. The maximum atomic E-state index is 13.8. The van der Waals surface area contributed by atoms with Crippen LogP contribution in [0.3, 0.4) is 0 Å². The normalized spacial score (nSPS) is 29.1. The Labute approximate surface area is 157 Å². The molecule has 1 unspecified atom stereocenters. The molecule has 1 aromatic rings. The molecule has 1 aromatic carbocycles. The number of allylic oxidation sites excluding steroid dienone is 3. The van der Waals surface area contributed by atoms with E-state index in [2.05, 4.69) is 29.4 Å². The molecule has 0 bridgehead atoms. The fraction of sp³-hybridized carbons (Fsp3) is 0.476. The van der Waals surface area contributed by atoms with E-state index >= 15 is 0 Å². The first-order chi connectivity index (χ1) is 12.8. The highest BCUT2D eigenvalue weighted by Crippen LogP contribution is 2.55. The van der Waals surface area contributed by atoms with Gasteiger partial charge in [-0.2, -0.15) is 10.2 Å². The lowest BCUT2D eigenvalue weighted by Crippen LogP contribution is -2.51. The van der Waals surface area contributed by atoms with Crippen molar-refractivity contribution in [3.8, 4) is 0 Å². The Balaban J connectivity index is 2.05. The minimum atomic E-state index is -2.73. The smallest absolute Gasteiger partial charge is 0.282 e. The third kappa shape index (κ3) is 2.57. The van der Waals surface area contributed by atoms with Crippen molar-refractivity contribution in [1.82, 2.24) is 5.32 Å². The van der Waals surface area contributed by atoms with Gasteiger partial charge in [-0.1, -0.05) is 51.1 Å². The molecule has 2 heterocycles. The number of hydrogen-bond acceptors (Lipinski definition) is 4. The lowest BCUT2D eigenvalue weighted by molar-refractivity contribution is -0.119. The molecule has 4 rings (SSSR count). The van der Waals surface area contributed by atoms with Crippen LogP contribution in [0.15, 0.2) is 63.1 Å². The van der Waals surface area contributed by atoms with Gasteiger partial charge in [0.2, 0.25) is 0 Å². The van der Waals surface area contributed by atoms with Crippen molar-refractivity contribution in [3.63, 3.8) is 0 Å². The quantitative estimate of drug-likeness (QED) is 0.822. The Hall–Kier alpha value is -2.37. The number of azo groups is 1. The number of halogens is 2. The topological polar surface area (TPSA) is 53.8 Å². The maximum Gasteiger partial charge on any atom is 0.282 e. The summed E-state index contributed by atoms with van der Waals surface area (Å²) in [4.78, 5) is 13.3. The van der Waals surface area contributed by atoms with Gasteiger partial charge in [-0.3, -0.25) is 4.79 Å². The highest BCUT2D eigenvalue weighted by atomic mass is 19.3. The van der Waals surface area contributed by atoms with Gasteiger partial charge < -0.3 is 5.32 Å². The molecular formula is C21H23F2N3O. The highest BCUT2D eigenvalue weighted by molar-refractivity contribution is 6.01. The van der Waals surface area contributed by atoms with Crippen LogP contribution >= 0.6 is 0 Å².